The second kappa shape index (κ2) is 8.72. The van der Waals surface area contributed by atoms with Gasteiger partial charge in [0, 0.05) is 18.0 Å². The van der Waals surface area contributed by atoms with E-state index in [2.05, 4.69) is 17.2 Å². The van der Waals surface area contributed by atoms with Crippen molar-refractivity contribution in [2.75, 3.05) is 0 Å². The normalized spacial score (nSPS) is 15.4. The summed E-state index contributed by atoms with van der Waals surface area (Å²) in [5.41, 5.74) is 3.77. The van der Waals surface area contributed by atoms with Gasteiger partial charge in [-0.05, 0) is 57.4 Å². The number of aromatic nitrogens is 4. The van der Waals surface area contributed by atoms with E-state index in [0.717, 1.165) is 52.1 Å². The molecule has 1 saturated carbocycles. The summed E-state index contributed by atoms with van der Waals surface area (Å²) in [6, 6.07) is 16.3. The van der Waals surface area contributed by atoms with Crippen molar-refractivity contribution in [3.8, 4) is 22.7 Å². The molecule has 7 nitrogen and oxygen atoms in total. The smallest absolute Gasteiger partial charge is 0.161 e. The quantitative estimate of drug-likeness (QED) is 0.343. The molecule has 1 aliphatic carbocycles. The minimum atomic E-state index is -0.829. The molecule has 7 heteroatoms. The van der Waals surface area contributed by atoms with Crippen molar-refractivity contribution in [1.29, 1.82) is 0 Å². The molecule has 34 heavy (non-hydrogen) atoms. The number of ether oxygens (including phenoxy) is 2. The summed E-state index contributed by atoms with van der Waals surface area (Å²) in [5, 5.41) is 10.4. The van der Waals surface area contributed by atoms with E-state index >= 15 is 0 Å². The number of carbonyl (C=O) groups is 1. The minimum absolute atomic E-state index is 0.0132. The molecule has 0 amide bonds. The fourth-order valence-electron chi connectivity index (χ4n) is 4.07. The predicted octanol–water partition coefficient (Wildman–Crippen LogP) is 5.24. The van der Waals surface area contributed by atoms with Gasteiger partial charge in [-0.1, -0.05) is 31.2 Å². The second-order valence-electron chi connectivity index (χ2n) is 9.19. The van der Waals surface area contributed by atoms with Crippen LogP contribution in [0.2, 0.25) is 0 Å². The molecular weight excluding hydrogens is 428 g/mol. The van der Waals surface area contributed by atoms with Crippen LogP contribution in [-0.4, -0.2) is 37.0 Å². The molecule has 0 aliphatic heterocycles. The summed E-state index contributed by atoms with van der Waals surface area (Å²) in [5.74, 6) is 0.874. The zero-order chi connectivity index (χ0) is 23.9. The van der Waals surface area contributed by atoms with Gasteiger partial charge in [-0.2, -0.15) is 10.2 Å². The molecular formula is C27H30N4O3. The molecule has 2 aromatic heterocycles. The Morgan fingerprint density at radius 1 is 1.18 bits per heavy atom. The summed E-state index contributed by atoms with van der Waals surface area (Å²) >= 11 is 0. The molecule has 176 valence electrons. The standard InChI is InChI=1S/C27H30N4O3/c1-5-27(3,18(2)32)33-17-21-15-25(19-8-6-10-23(14-19)34-22-12-13-22)31(29-21)24-11-7-9-20-16-28-30(4)26(20)24/h6-11,14-16,22H,5,12-13,17H2,1-4H3/t27-/m1/s1. The Bertz CT molecular complexity index is 1350. The zero-order valence-electron chi connectivity index (χ0n) is 20.1. The Hall–Kier alpha value is -3.45. The van der Waals surface area contributed by atoms with Crippen LogP contribution >= 0.6 is 0 Å². The number of aryl methyl sites for hydroxylation is 1. The largest absolute Gasteiger partial charge is 0.490 e. The number of benzene rings is 2. The molecule has 1 fully saturated rings. The van der Waals surface area contributed by atoms with Crippen LogP contribution in [0.1, 0.15) is 45.7 Å². The Balaban J connectivity index is 1.59. The fraction of sp³-hybridized carbons (Fsp3) is 0.370. The molecule has 0 unspecified atom stereocenters. The molecule has 1 aliphatic rings. The number of carbonyl (C=O) groups excluding carboxylic acids is 1. The van der Waals surface area contributed by atoms with Gasteiger partial charge in [-0.25, -0.2) is 4.68 Å². The average molecular weight is 459 g/mol. The summed E-state index contributed by atoms with van der Waals surface area (Å²) in [6.45, 7) is 5.60. The Kier molecular flexibility index (Phi) is 5.73. The van der Waals surface area contributed by atoms with E-state index in [1.807, 2.05) is 72.9 Å². The molecule has 5 rings (SSSR count). The number of hydrogen-bond acceptors (Lipinski definition) is 5. The van der Waals surface area contributed by atoms with Crippen LogP contribution in [0, 0.1) is 0 Å². The third kappa shape index (κ3) is 4.23. The number of hydrogen-bond donors (Lipinski definition) is 0. The van der Waals surface area contributed by atoms with Gasteiger partial charge in [0.1, 0.15) is 11.4 Å². The van der Waals surface area contributed by atoms with Crippen molar-refractivity contribution >= 4 is 16.7 Å². The van der Waals surface area contributed by atoms with E-state index in [-0.39, 0.29) is 12.4 Å². The maximum Gasteiger partial charge on any atom is 0.161 e. The van der Waals surface area contributed by atoms with E-state index in [4.69, 9.17) is 14.6 Å². The van der Waals surface area contributed by atoms with Gasteiger partial charge in [0.2, 0.25) is 0 Å². The predicted molar refractivity (Wildman–Crippen MR) is 131 cm³/mol. The van der Waals surface area contributed by atoms with E-state index in [1.165, 1.54) is 0 Å². The number of Topliss-reactive ketones (excluding diaryl/α,β-unsaturated/α-hetero) is 1. The van der Waals surface area contributed by atoms with Gasteiger partial charge in [-0.3, -0.25) is 9.48 Å². The molecule has 0 N–H and O–H groups in total. The summed E-state index contributed by atoms with van der Waals surface area (Å²) in [6.07, 6.45) is 5.00. The number of ketones is 1. The highest BCUT2D eigenvalue weighted by molar-refractivity contribution is 5.87. The molecule has 0 saturated heterocycles. The number of nitrogens with zero attached hydrogens (tertiary/aromatic N) is 4. The summed E-state index contributed by atoms with van der Waals surface area (Å²) in [7, 11) is 1.93. The highest BCUT2D eigenvalue weighted by Crippen LogP contribution is 2.33. The zero-order valence-corrected chi connectivity index (χ0v) is 20.1. The first-order valence-corrected chi connectivity index (χ1v) is 11.8. The Labute approximate surface area is 199 Å². The maximum atomic E-state index is 12.1. The third-order valence-electron chi connectivity index (χ3n) is 6.64. The van der Waals surface area contributed by atoms with Crippen molar-refractivity contribution < 1.29 is 14.3 Å². The van der Waals surface area contributed by atoms with Gasteiger partial charge >= 0.3 is 0 Å². The maximum absolute atomic E-state index is 12.1. The van der Waals surface area contributed by atoms with Crippen molar-refractivity contribution in [2.24, 2.45) is 7.05 Å². The molecule has 2 aromatic carbocycles. The van der Waals surface area contributed by atoms with Gasteiger partial charge in [0.15, 0.2) is 5.78 Å². The van der Waals surface area contributed by atoms with Crippen LogP contribution in [0.5, 0.6) is 5.75 Å². The average Bonchev–Trinajstić information content (AvgIpc) is 3.41. The van der Waals surface area contributed by atoms with Gasteiger partial charge in [0.25, 0.3) is 0 Å². The van der Waals surface area contributed by atoms with Gasteiger partial charge in [-0.15, -0.1) is 0 Å². The molecule has 4 aromatic rings. The van der Waals surface area contributed by atoms with Crippen molar-refractivity contribution in [3.05, 3.63) is 60.4 Å². The van der Waals surface area contributed by atoms with E-state index in [1.54, 1.807) is 6.92 Å². The van der Waals surface area contributed by atoms with E-state index in [9.17, 15) is 4.79 Å². The lowest BCUT2D eigenvalue weighted by Crippen LogP contribution is -2.35. The van der Waals surface area contributed by atoms with Gasteiger partial charge in [0.05, 0.1) is 41.5 Å². The van der Waals surface area contributed by atoms with Crippen LogP contribution in [-0.2, 0) is 23.2 Å². The monoisotopic (exact) mass is 458 g/mol. The van der Waals surface area contributed by atoms with Crippen LogP contribution < -0.4 is 4.74 Å². The van der Waals surface area contributed by atoms with Gasteiger partial charge < -0.3 is 9.47 Å². The lowest BCUT2D eigenvalue weighted by molar-refractivity contribution is -0.142. The van der Waals surface area contributed by atoms with Crippen LogP contribution in [0.15, 0.2) is 54.7 Å². The molecule has 0 radical (unpaired) electrons. The first-order valence-electron chi connectivity index (χ1n) is 11.8. The molecule has 2 heterocycles. The lowest BCUT2D eigenvalue weighted by Gasteiger charge is -2.25. The lowest BCUT2D eigenvalue weighted by atomic mass is 9.99. The topological polar surface area (TPSA) is 71.2 Å². The minimum Gasteiger partial charge on any atom is -0.490 e. The number of para-hydroxylation sites is 1. The Morgan fingerprint density at radius 3 is 2.71 bits per heavy atom. The van der Waals surface area contributed by atoms with Crippen molar-refractivity contribution in [1.82, 2.24) is 19.6 Å². The van der Waals surface area contributed by atoms with Crippen LogP contribution in [0.3, 0.4) is 0 Å². The van der Waals surface area contributed by atoms with Crippen LogP contribution in [0.4, 0.5) is 0 Å². The Morgan fingerprint density at radius 2 is 1.97 bits per heavy atom. The number of rotatable bonds is 9. The highest BCUT2D eigenvalue weighted by Gasteiger charge is 2.29. The highest BCUT2D eigenvalue weighted by atomic mass is 16.5. The van der Waals surface area contributed by atoms with Crippen LogP contribution in [0.25, 0.3) is 27.8 Å². The van der Waals surface area contributed by atoms with Crippen molar-refractivity contribution in [2.45, 2.75) is 58.3 Å². The summed E-state index contributed by atoms with van der Waals surface area (Å²) in [4.78, 5) is 12.1. The number of fused-ring (bicyclic) bond motifs is 1. The summed E-state index contributed by atoms with van der Waals surface area (Å²) < 4.78 is 15.9. The van der Waals surface area contributed by atoms with E-state index < -0.39 is 5.60 Å². The van der Waals surface area contributed by atoms with Crippen molar-refractivity contribution in [3.63, 3.8) is 0 Å². The van der Waals surface area contributed by atoms with E-state index in [0.29, 0.717) is 12.5 Å². The molecule has 0 bridgehead atoms. The first-order chi connectivity index (χ1) is 16.4. The second-order valence-corrected chi connectivity index (χ2v) is 9.19. The SMILES string of the molecule is CC[C@@](C)(OCc1cc(-c2cccc(OC3CC3)c2)n(-c2cccc3cnn(C)c23)n1)C(C)=O. The molecule has 0 spiro atoms. The fourth-order valence-corrected chi connectivity index (χ4v) is 4.07. The first kappa shape index (κ1) is 22.3. The molecule has 1 atom stereocenters. The third-order valence-corrected chi connectivity index (χ3v) is 6.64.